The number of hydrazone groups is 1. The van der Waals surface area contributed by atoms with Crippen molar-refractivity contribution < 1.29 is 23.9 Å². The summed E-state index contributed by atoms with van der Waals surface area (Å²) >= 11 is 5.90. The number of benzene rings is 4. The van der Waals surface area contributed by atoms with E-state index in [-0.39, 0.29) is 12.5 Å². The normalized spacial score (nSPS) is 10.5. The molecule has 0 aliphatic heterocycles. The Bertz CT molecular complexity index is 1460. The van der Waals surface area contributed by atoms with Gasteiger partial charge in [-0.3, -0.25) is 14.4 Å². The third-order valence-electron chi connectivity index (χ3n) is 5.04. The summed E-state index contributed by atoms with van der Waals surface area (Å²) in [7, 11) is 0. The molecule has 10 heteroatoms. The van der Waals surface area contributed by atoms with Crippen LogP contribution in [0.5, 0.6) is 17.2 Å². The van der Waals surface area contributed by atoms with E-state index < -0.39 is 11.8 Å². The molecule has 9 nitrogen and oxygen atoms in total. The number of carbonyl (C=O) groups excluding carboxylic acids is 3. The third kappa shape index (κ3) is 8.73. The molecule has 0 radical (unpaired) electrons. The number of amides is 3. The molecule has 4 aromatic rings. The van der Waals surface area contributed by atoms with Crippen molar-refractivity contribution in [2.75, 3.05) is 17.2 Å². The van der Waals surface area contributed by atoms with E-state index in [2.05, 4.69) is 21.2 Å². The lowest BCUT2D eigenvalue weighted by molar-refractivity contribution is -0.136. The van der Waals surface area contributed by atoms with E-state index >= 15 is 0 Å². The van der Waals surface area contributed by atoms with Crippen LogP contribution in [0.25, 0.3) is 0 Å². The fraction of sp³-hybridized carbons (Fsp3) is 0.0345. The molecule has 0 aliphatic rings. The number of anilines is 2. The Morgan fingerprint density at radius 3 is 2.13 bits per heavy atom. The van der Waals surface area contributed by atoms with Gasteiger partial charge in [0.2, 0.25) is 0 Å². The number of carbonyl (C=O) groups is 3. The van der Waals surface area contributed by atoms with Gasteiger partial charge >= 0.3 is 11.8 Å². The summed E-state index contributed by atoms with van der Waals surface area (Å²) in [5.41, 5.74) is 3.82. The minimum Gasteiger partial charge on any atom is -0.484 e. The van der Waals surface area contributed by atoms with E-state index in [0.717, 1.165) is 0 Å². The Morgan fingerprint density at radius 2 is 1.41 bits per heavy atom. The number of hydrogen-bond acceptors (Lipinski definition) is 6. The van der Waals surface area contributed by atoms with Gasteiger partial charge < -0.3 is 20.1 Å². The fourth-order valence-corrected chi connectivity index (χ4v) is 3.39. The highest BCUT2D eigenvalue weighted by Crippen LogP contribution is 2.22. The van der Waals surface area contributed by atoms with E-state index in [1.807, 2.05) is 30.3 Å². The maximum atomic E-state index is 12.2. The van der Waals surface area contributed by atoms with Crippen molar-refractivity contribution in [1.82, 2.24) is 5.43 Å². The molecular weight excluding hydrogens is 520 g/mol. The van der Waals surface area contributed by atoms with E-state index in [0.29, 0.717) is 39.2 Å². The number of nitrogens with zero attached hydrogens (tertiary/aromatic N) is 1. The first-order chi connectivity index (χ1) is 18.9. The Kier molecular flexibility index (Phi) is 9.25. The van der Waals surface area contributed by atoms with Crippen LogP contribution in [0.15, 0.2) is 108 Å². The first-order valence-electron chi connectivity index (χ1n) is 11.7. The van der Waals surface area contributed by atoms with Crippen LogP contribution in [0.1, 0.15) is 5.56 Å². The molecule has 39 heavy (non-hydrogen) atoms. The molecule has 0 saturated heterocycles. The smallest absolute Gasteiger partial charge is 0.329 e. The Hall–Kier alpha value is -5.15. The van der Waals surface area contributed by atoms with Crippen molar-refractivity contribution in [2.45, 2.75) is 0 Å². The first-order valence-corrected chi connectivity index (χ1v) is 12.1. The highest BCUT2D eigenvalue weighted by Gasteiger charge is 2.13. The summed E-state index contributed by atoms with van der Waals surface area (Å²) in [4.78, 5) is 36.3. The minimum atomic E-state index is -0.929. The van der Waals surface area contributed by atoms with Crippen LogP contribution in [0.3, 0.4) is 0 Å². The van der Waals surface area contributed by atoms with Crippen molar-refractivity contribution >= 4 is 46.9 Å². The second kappa shape index (κ2) is 13.4. The van der Waals surface area contributed by atoms with Gasteiger partial charge in [0.05, 0.1) is 6.21 Å². The summed E-state index contributed by atoms with van der Waals surface area (Å²) < 4.78 is 11.2. The van der Waals surface area contributed by atoms with Gasteiger partial charge in [-0.25, -0.2) is 5.43 Å². The van der Waals surface area contributed by atoms with Crippen LogP contribution in [0.4, 0.5) is 11.4 Å². The third-order valence-corrected chi connectivity index (χ3v) is 5.27. The summed E-state index contributed by atoms with van der Waals surface area (Å²) in [6, 6.07) is 29.3. The van der Waals surface area contributed by atoms with E-state index in [9.17, 15) is 14.4 Å². The molecule has 4 aromatic carbocycles. The molecule has 0 heterocycles. The Labute approximate surface area is 229 Å². The average Bonchev–Trinajstić information content (AvgIpc) is 2.94. The van der Waals surface area contributed by atoms with Crippen LogP contribution >= 0.6 is 11.6 Å². The van der Waals surface area contributed by atoms with Gasteiger partial charge in [-0.2, -0.15) is 5.10 Å². The average molecular weight is 543 g/mol. The zero-order valence-electron chi connectivity index (χ0n) is 20.5. The van der Waals surface area contributed by atoms with Gasteiger partial charge in [-0.15, -0.1) is 0 Å². The number of rotatable bonds is 9. The Morgan fingerprint density at radius 1 is 0.718 bits per heavy atom. The summed E-state index contributed by atoms with van der Waals surface area (Å²) in [6.07, 6.45) is 1.37. The van der Waals surface area contributed by atoms with Gasteiger partial charge in [-0.1, -0.05) is 35.9 Å². The quantitative estimate of drug-likeness (QED) is 0.152. The highest BCUT2D eigenvalue weighted by molar-refractivity contribution is 6.39. The van der Waals surface area contributed by atoms with E-state index in [1.165, 1.54) is 6.21 Å². The topological polar surface area (TPSA) is 118 Å². The number of hydrogen-bond donors (Lipinski definition) is 3. The van der Waals surface area contributed by atoms with Gasteiger partial charge in [0.25, 0.3) is 5.91 Å². The molecule has 4 rings (SSSR count). The molecule has 0 fully saturated rings. The molecule has 3 N–H and O–H groups in total. The lowest BCUT2D eigenvalue weighted by Gasteiger charge is -2.08. The SMILES string of the molecule is O=C(COc1ccc(/C=N\NC(=O)C(=O)Nc2ccc(Oc3ccccc3)cc2)cc1)Nc1cccc(Cl)c1. The van der Waals surface area contributed by atoms with Gasteiger partial charge in [-0.05, 0) is 84.4 Å². The van der Waals surface area contributed by atoms with Crippen LogP contribution in [0, 0.1) is 0 Å². The number of nitrogens with one attached hydrogen (secondary N) is 3. The van der Waals surface area contributed by atoms with Crippen molar-refractivity contribution in [3.05, 3.63) is 114 Å². The maximum Gasteiger partial charge on any atom is 0.329 e. The Balaban J connectivity index is 1.19. The molecule has 196 valence electrons. The highest BCUT2D eigenvalue weighted by atomic mass is 35.5. The van der Waals surface area contributed by atoms with Crippen LogP contribution in [-0.4, -0.2) is 30.5 Å². The van der Waals surface area contributed by atoms with Crippen LogP contribution in [0.2, 0.25) is 5.02 Å². The predicted octanol–water partition coefficient (Wildman–Crippen LogP) is 5.24. The van der Waals surface area contributed by atoms with Crippen molar-refractivity contribution in [3.63, 3.8) is 0 Å². The van der Waals surface area contributed by atoms with E-state index in [1.54, 1.807) is 72.8 Å². The van der Waals surface area contributed by atoms with Gasteiger partial charge in [0, 0.05) is 16.4 Å². The largest absolute Gasteiger partial charge is 0.484 e. The lowest BCUT2D eigenvalue weighted by atomic mass is 10.2. The summed E-state index contributed by atoms with van der Waals surface area (Å²) in [6.45, 7) is -0.187. The van der Waals surface area contributed by atoms with Crippen molar-refractivity contribution in [2.24, 2.45) is 5.10 Å². The van der Waals surface area contributed by atoms with Crippen LogP contribution < -0.4 is 25.5 Å². The molecule has 0 aromatic heterocycles. The molecule has 0 saturated carbocycles. The fourth-order valence-electron chi connectivity index (χ4n) is 3.20. The molecule has 0 bridgehead atoms. The van der Waals surface area contributed by atoms with Gasteiger partial charge in [0.15, 0.2) is 6.61 Å². The molecule has 0 unspecified atom stereocenters. The molecule has 3 amide bonds. The zero-order chi connectivity index (χ0) is 27.5. The summed E-state index contributed by atoms with van der Waals surface area (Å²) in [5.74, 6) is -0.390. The number of halogens is 1. The first kappa shape index (κ1) is 26.9. The van der Waals surface area contributed by atoms with E-state index in [4.69, 9.17) is 21.1 Å². The van der Waals surface area contributed by atoms with Gasteiger partial charge in [0.1, 0.15) is 17.2 Å². The zero-order valence-corrected chi connectivity index (χ0v) is 21.2. The molecule has 0 atom stereocenters. The number of para-hydroxylation sites is 1. The van der Waals surface area contributed by atoms with Crippen molar-refractivity contribution in [1.29, 1.82) is 0 Å². The minimum absolute atomic E-state index is 0.187. The van der Waals surface area contributed by atoms with Crippen molar-refractivity contribution in [3.8, 4) is 17.2 Å². The summed E-state index contributed by atoms with van der Waals surface area (Å²) in [5, 5.41) is 9.50. The second-order valence-electron chi connectivity index (χ2n) is 8.01. The molecular formula is C29H23ClN4O5. The standard InChI is InChI=1S/C29H23ClN4O5/c30-21-5-4-6-23(17-21)32-27(35)19-38-24-13-9-20(10-14-24)18-31-34-29(37)28(36)33-22-11-15-26(16-12-22)39-25-7-2-1-3-8-25/h1-18H,19H2,(H,32,35)(H,33,36)(H,34,37)/b31-18-. The number of ether oxygens (including phenoxy) is 2. The lowest BCUT2D eigenvalue weighted by Crippen LogP contribution is -2.32. The second-order valence-corrected chi connectivity index (χ2v) is 8.45. The predicted molar refractivity (Wildman–Crippen MR) is 149 cm³/mol. The monoisotopic (exact) mass is 542 g/mol. The molecule has 0 aliphatic carbocycles. The molecule has 0 spiro atoms. The maximum absolute atomic E-state index is 12.2. The van der Waals surface area contributed by atoms with Crippen LogP contribution in [-0.2, 0) is 14.4 Å².